The molecule has 9 nitrogen and oxygen atoms in total. The van der Waals surface area contributed by atoms with Crippen LogP contribution in [0.5, 0.6) is 5.75 Å². The molecule has 0 saturated heterocycles. The van der Waals surface area contributed by atoms with E-state index in [-0.39, 0.29) is 17.3 Å². The van der Waals surface area contributed by atoms with Gasteiger partial charge < -0.3 is 20.0 Å². The Hall–Kier alpha value is -4.31. The molecular formula is C24H20N6O3S. The van der Waals surface area contributed by atoms with Crippen LogP contribution in [0.25, 0.3) is 28.1 Å². The number of H-pyrrole nitrogens is 2. The smallest absolute Gasteiger partial charge is 0.323 e. The first-order valence-electron chi connectivity index (χ1n) is 10.4. The fourth-order valence-corrected chi connectivity index (χ4v) is 4.31. The Labute approximate surface area is 198 Å². The maximum Gasteiger partial charge on any atom is 0.323 e. The third-order valence-electron chi connectivity index (χ3n) is 5.11. The molecule has 0 unspecified atom stereocenters. The van der Waals surface area contributed by atoms with E-state index >= 15 is 0 Å². The summed E-state index contributed by atoms with van der Waals surface area (Å²) in [5.41, 5.74) is 3.34. The Balaban J connectivity index is 1.39. The minimum atomic E-state index is -0.291. The van der Waals surface area contributed by atoms with Gasteiger partial charge in [-0.15, -0.1) is 10.2 Å². The second-order valence-electron chi connectivity index (χ2n) is 7.39. The quantitative estimate of drug-likeness (QED) is 0.310. The molecule has 0 aliphatic carbocycles. The molecule has 0 atom stereocenters. The molecule has 1 amide bonds. The van der Waals surface area contributed by atoms with Crippen molar-refractivity contribution < 1.29 is 9.53 Å². The summed E-state index contributed by atoms with van der Waals surface area (Å²) in [6, 6.07) is 22.5. The van der Waals surface area contributed by atoms with Crippen molar-refractivity contribution in [2.45, 2.75) is 5.16 Å². The molecule has 0 bridgehead atoms. The molecule has 34 heavy (non-hydrogen) atoms. The zero-order valence-electron chi connectivity index (χ0n) is 18.1. The SMILES string of the molecule is COc1cccc(-c2nnc(SCC(=O)Nc3ccc4[nH]c(=O)[nH]c4c3)n2-c2ccccc2)c1. The van der Waals surface area contributed by atoms with Crippen molar-refractivity contribution in [2.75, 3.05) is 18.2 Å². The normalized spacial score (nSPS) is 11.0. The Morgan fingerprint density at radius 2 is 1.82 bits per heavy atom. The average Bonchev–Trinajstić information content (AvgIpc) is 3.45. The predicted octanol–water partition coefficient (Wildman–Crippen LogP) is 3.84. The van der Waals surface area contributed by atoms with E-state index in [1.54, 1.807) is 25.3 Å². The Kier molecular flexibility index (Phi) is 5.88. The van der Waals surface area contributed by atoms with Gasteiger partial charge in [-0.05, 0) is 42.5 Å². The topological polar surface area (TPSA) is 118 Å². The van der Waals surface area contributed by atoms with E-state index in [0.717, 1.165) is 17.0 Å². The second kappa shape index (κ2) is 9.28. The van der Waals surface area contributed by atoms with Crippen molar-refractivity contribution in [3.05, 3.63) is 83.3 Å². The highest BCUT2D eigenvalue weighted by atomic mass is 32.2. The van der Waals surface area contributed by atoms with Gasteiger partial charge in [-0.2, -0.15) is 0 Å². The van der Waals surface area contributed by atoms with Crippen molar-refractivity contribution in [3.63, 3.8) is 0 Å². The number of nitrogens with zero attached hydrogens (tertiary/aromatic N) is 3. The zero-order chi connectivity index (χ0) is 23.5. The number of imidazole rings is 1. The van der Waals surface area contributed by atoms with Crippen LogP contribution in [0.2, 0.25) is 0 Å². The van der Waals surface area contributed by atoms with E-state index in [0.29, 0.717) is 27.7 Å². The third kappa shape index (κ3) is 4.44. The highest BCUT2D eigenvalue weighted by Crippen LogP contribution is 2.29. The number of nitrogens with one attached hydrogen (secondary N) is 3. The number of carbonyl (C=O) groups is 1. The van der Waals surface area contributed by atoms with Crippen LogP contribution in [0.1, 0.15) is 0 Å². The van der Waals surface area contributed by atoms with Gasteiger partial charge in [-0.3, -0.25) is 9.36 Å². The van der Waals surface area contributed by atoms with Gasteiger partial charge in [0, 0.05) is 16.9 Å². The molecule has 5 aromatic rings. The number of aromatic amines is 2. The number of fused-ring (bicyclic) bond motifs is 1. The highest BCUT2D eigenvalue weighted by Gasteiger charge is 2.18. The molecule has 2 heterocycles. The van der Waals surface area contributed by atoms with E-state index in [9.17, 15) is 9.59 Å². The first-order valence-corrected chi connectivity index (χ1v) is 11.4. The van der Waals surface area contributed by atoms with Crippen molar-refractivity contribution in [3.8, 4) is 22.8 Å². The zero-order valence-corrected chi connectivity index (χ0v) is 18.9. The molecule has 0 aliphatic rings. The fraction of sp³-hybridized carbons (Fsp3) is 0.0833. The van der Waals surface area contributed by atoms with E-state index in [2.05, 4.69) is 25.5 Å². The number of methoxy groups -OCH3 is 1. The van der Waals surface area contributed by atoms with Gasteiger partial charge in [0.15, 0.2) is 11.0 Å². The monoisotopic (exact) mass is 472 g/mol. The molecule has 3 N–H and O–H groups in total. The number of aromatic nitrogens is 5. The molecule has 10 heteroatoms. The Morgan fingerprint density at radius 3 is 2.65 bits per heavy atom. The van der Waals surface area contributed by atoms with E-state index in [1.807, 2.05) is 59.2 Å². The summed E-state index contributed by atoms with van der Waals surface area (Å²) in [7, 11) is 1.62. The van der Waals surface area contributed by atoms with Gasteiger partial charge in [0.1, 0.15) is 5.75 Å². The summed E-state index contributed by atoms with van der Waals surface area (Å²) < 4.78 is 7.28. The van der Waals surface area contributed by atoms with Gasteiger partial charge in [-0.25, -0.2) is 4.79 Å². The fourth-order valence-electron chi connectivity index (χ4n) is 3.56. The van der Waals surface area contributed by atoms with Gasteiger partial charge in [0.25, 0.3) is 0 Å². The summed E-state index contributed by atoms with van der Waals surface area (Å²) >= 11 is 1.28. The van der Waals surface area contributed by atoms with Gasteiger partial charge in [0.05, 0.1) is 23.9 Å². The summed E-state index contributed by atoms with van der Waals surface area (Å²) in [5.74, 6) is 1.29. The summed E-state index contributed by atoms with van der Waals surface area (Å²) in [6.07, 6.45) is 0. The molecule has 5 rings (SSSR count). The van der Waals surface area contributed by atoms with Gasteiger partial charge >= 0.3 is 5.69 Å². The average molecular weight is 473 g/mol. The molecule has 0 radical (unpaired) electrons. The number of rotatable bonds is 7. The summed E-state index contributed by atoms with van der Waals surface area (Å²) in [6.45, 7) is 0. The van der Waals surface area contributed by atoms with E-state index in [1.165, 1.54) is 11.8 Å². The van der Waals surface area contributed by atoms with Crippen LogP contribution < -0.4 is 15.7 Å². The predicted molar refractivity (Wildman–Crippen MR) is 132 cm³/mol. The van der Waals surface area contributed by atoms with Crippen LogP contribution >= 0.6 is 11.8 Å². The highest BCUT2D eigenvalue weighted by molar-refractivity contribution is 7.99. The number of amides is 1. The molecule has 0 fully saturated rings. The van der Waals surface area contributed by atoms with Crippen molar-refractivity contribution in [1.29, 1.82) is 0 Å². The second-order valence-corrected chi connectivity index (χ2v) is 8.33. The van der Waals surface area contributed by atoms with E-state index in [4.69, 9.17) is 4.74 Å². The van der Waals surface area contributed by atoms with Crippen LogP contribution in [0.4, 0.5) is 5.69 Å². The summed E-state index contributed by atoms with van der Waals surface area (Å²) in [5, 5.41) is 12.2. The van der Waals surface area contributed by atoms with Crippen molar-refractivity contribution in [2.24, 2.45) is 0 Å². The number of para-hydroxylation sites is 1. The maximum absolute atomic E-state index is 12.6. The molecule has 0 spiro atoms. The molecule has 170 valence electrons. The number of thioether (sulfide) groups is 1. The van der Waals surface area contributed by atoms with Crippen LogP contribution in [0.3, 0.4) is 0 Å². The number of carbonyl (C=O) groups excluding carboxylic acids is 1. The van der Waals surface area contributed by atoms with Crippen molar-refractivity contribution in [1.82, 2.24) is 24.7 Å². The number of hydrogen-bond donors (Lipinski definition) is 3. The number of benzene rings is 3. The first-order chi connectivity index (χ1) is 16.6. The van der Waals surface area contributed by atoms with Crippen LogP contribution in [0, 0.1) is 0 Å². The van der Waals surface area contributed by atoms with Crippen molar-refractivity contribution >= 4 is 34.4 Å². The molecular weight excluding hydrogens is 452 g/mol. The molecule has 0 saturated carbocycles. The molecule has 2 aromatic heterocycles. The number of ether oxygens (including phenoxy) is 1. The number of hydrogen-bond acceptors (Lipinski definition) is 6. The standard InChI is InChI=1S/C24H20N6O3S/c1-33-18-9-5-6-15(12-18)22-28-29-24(30(22)17-7-3-2-4-8-17)34-14-21(31)25-16-10-11-19-20(13-16)27-23(32)26-19/h2-13H,14H2,1H3,(H,25,31)(H2,26,27,32). The third-order valence-corrected chi connectivity index (χ3v) is 6.04. The lowest BCUT2D eigenvalue weighted by Gasteiger charge is -2.11. The largest absolute Gasteiger partial charge is 0.497 e. The Bertz CT molecular complexity index is 1520. The van der Waals surface area contributed by atoms with E-state index < -0.39 is 0 Å². The lowest BCUT2D eigenvalue weighted by molar-refractivity contribution is -0.113. The van der Waals surface area contributed by atoms with Crippen LogP contribution in [0.15, 0.2) is 82.7 Å². The first kappa shape index (κ1) is 21.5. The Morgan fingerprint density at radius 1 is 1.00 bits per heavy atom. The lowest BCUT2D eigenvalue weighted by atomic mass is 10.2. The maximum atomic E-state index is 12.6. The van der Waals surface area contributed by atoms with Gasteiger partial charge in [-0.1, -0.05) is 42.1 Å². The van der Waals surface area contributed by atoms with Crippen LogP contribution in [-0.2, 0) is 4.79 Å². The molecule has 0 aliphatic heterocycles. The molecule has 3 aromatic carbocycles. The van der Waals surface area contributed by atoms with Gasteiger partial charge in [0.2, 0.25) is 5.91 Å². The lowest BCUT2D eigenvalue weighted by Crippen LogP contribution is -2.14. The minimum Gasteiger partial charge on any atom is -0.497 e. The minimum absolute atomic E-state index is 0.130. The summed E-state index contributed by atoms with van der Waals surface area (Å²) in [4.78, 5) is 29.5. The number of anilines is 1. The van der Waals surface area contributed by atoms with Crippen LogP contribution in [-0.4, -0.2) is 43.5 Å².